The van der Waals surface area contributed by atoms with E-state index in [4.69, 9.17) is 0 Å². The highest BCUT2D eigenvalue weighted by Crippen LogP contribution is 2.11. The Bertz CT molecular complexity index is 585. The Morgan fingerprint density at radius 1 is 1.05 bits per heavy atom. The lowest BCUT2D eigenvalue weighted by Crippen LogP contribution is -2.24. The molecule has 2 rings (SSSR count). The van der Waals surface area contributed by atoms with Crippen molar-refractivity contribution >= 4 is 12.0 Å². The van der Waals surface area contributed by atoms with Crippen molar-refractivity contribution in [2.45, 2.75) is 19.9 Å². The fourth-order valence-corrected chi connectivity index (χ4v) is 1.94. The summed E-state index contributed by atoms with van der Waals surface area (Å²) in [7, 11) is 0. The third-order valence-electron chi connectivity index (χ3n) is 3.16. The van der Waals surface area contributed by atoms with Crippen molar-refractivity contribution in [2.75, 3.05) is 0 Å². The van der Waals surface area contributed by atoms with Gasteiger partial charge in [-0.1, -0.05) is 60.2 Å². The van der Waals surface area contributed by atoms with E-state index in [1.165, 1.54) is 5.56 Å². The molecule has 0 fully saturated rings. The smallest absolute Gasteiger partial charge is 0.244 e. The van der Waals surface area contributed by atoms with Crippen LogP contribution in [0.1, 0.15) is 29.7 Å². The van der Waals surface area contributed by atoms with Crippen molar-refractivity contribution in [2.24, 2.45) is 0 Å². The normalized spacial score (nSPS) is 12.3. The number of hydrogen-bond donors (Lipinski definition) is 1. The summed E-state index contributed by atoms with van der Waals surface area (Å²) in [4.78, 5) is 11.9. The van der Waals surface area contributed by atoms with Gasteiger partial charge in [-0.2, -0.15) is 0 Å². The number of carbonyl (C=O) groups is 1. The minimum Gasteiger partial charge on any atom is -0.346 e. The van der Waals surface area contributed by atoms with Crippen LogP contribution in [0.3, 0.4) is 0 Å². The quantitative estimate of drug-likeness (QED) is 0.835. The molecule has 0 bridgehead atoms. The number of nitrogens with one attached hydrogen (secondary N) is 1. The van der Waals surface area contributed by atoms with Crippen LogP contribution in [0, 0.1) is 6.92 Å². The molecule has 0 aliphatic rings. The molecule has 1 atom stereocenters. The molecule has 2 aromatic rings. The third kappa shape index (κ3) is 4.09. The molecule has 0 unspecified atom stereocenters. The van der Waals surface area contributed by atoms with Gasteiger partial charge in [-0.05, 0) is 31.1 Å². The van der Waals surface area contributed by atoms with Crippen molar-refractivity contribution in [3.8, 4) is 0 Å². The lowest BCUT2D eigenvalue weighted by Gasteiger charge is -2.12. The van der Waals surface area contributed by atoms with Crippen LogP contribution in [-0.2, 0) is 4.79 Å². The van der Waals surface area contributed by atoms with Gasteiger partial charge in [0.1, 0.15) is 0 Å². The molecule has 0 saturated heterocycles. The van der Waals surface area contributed by atoms with Crippen molar-refractivity contribution in [1.82, 2.24) is 5.32 Å². The maximum Gasteiger partial charge on any atom is 0.244 e. The minimum absolute atomic E-state index is 0.00590. The molecule has 20 heavy (non-hydrogen) atoms. The van der Waals surface area contributed by atoms with Gasteiger partial charge in [-0.15, -0.1) is 0 Å². The van der Waals surface area contributed by atoms with Gasteiger partial charge in [0.15, 0.2) is 0 Å². The largest absolute Gasteiger partial charge is 0.346 e. The fourth-order valence-electron chi connectivity index (χ4n) is 1.94. The average Bonchev–Trinajstić information content (AvgIpc) is 2.47. The van der Waals surface area contributed by atoms with Gasteiger partial charge in [0.2, 0.25) is 5.91 Å². The van der Waals surface area contributed by atoms with Gasteiger partial charge in [0.05, 0.1) is 6.04 Å². The Morgan fingerprint density at radius 3 is 2.35 bits per heavy atom. The van der Waals surface area contributed by atoms with Crippen LogP contribution in [0.15, 0.2) is 60.7 Å². The van der Waals surface area contributed by atoms with Crippen LogP contribution in [0.2, 0.25) is 0 Å². The standard InChI is InChI=1S/C18H19NO/c1-14-8-10-16(11-9-14)12-13-18(20)19-15(2)17-6-4-3-5-7-17/h3-13,15H,1-2H3,(H,19,20)/b13-12+/t15-/m0/s1. The highest BCUT2D eigenvalue weighted by atomic mass is 16.1. The maximum atomic E-state index is 11.9. The number of carbonyl (C=O) groups excluding carboxylic acids is 1. The van der Waals surface area contributed by atoms with Gasteiger partial charge in [-0.3, -0.25) is 4.79 Å². The van der Waals surface area contributed by atoms with Gasteiger partial charge in [-0.25, -0.2) is 0 Å². The fraction of sp³-hybridized carbons (Fsp3) is 0.167. The van der Waals surface area contributed by atoms with E-state index in [0.717, 1.165) is 11.1 Å². The second kappa shape index (κ2) is 6.71. The molecule has 0 heterocycles. The van der Waals surface area contributed by atoms with Crippen molar-refractivity contribution < 1.29 is 4.79 Å². The Kier molecular flexibility index (Phi) is 4.72. The summed E-state index contributed by atoms with van der Waals surface area (Å²) < 4.78 is 0. The van der Waals surface area contributed by atoms with Gasteiger partial charge < -0.3 is 5.32 Å². The summed E-state index contributed by atoms with van der Waals surface area (Å²) in [6.45, 7) is 4.02. The van der Waals surface area contributed by atoms with E-state index in [-0.39, 0.29) is 11.9 Å². The highest BCUT2D eigenvalue weighted by molar-refractivity contribution is 5.91. The molecular weight excluding hydrogens is 246 g/mol. The summed E-state index contributed by atoms with van der Waals surface area (Å²) in [6, 6.07) is 18.0. The third-order valence-corrected chi connectivity index (χ3v) is 3.16. The second-order valence-corrected chi connectivity index (χ2v) is 4.88. The molecule has 1 N–H and O–H groups in total. The Hall–Kier alpha value is -2.35. The van der Waals surface area contributed by atoms with Crippen molar-refractivity contribution in [1.29, 1.82) is 0 Å². The van der Waals surface area contributed by atoms with E-state index in [1.807, 2.05) is 74.5 Å². The predicted octanol–water partition coefficient (Wildman–Crippen LogP) is 3.89. The van der Waals surface area contributed by atoms with E-state index >= 15 is 0 Å². The first-order valence-corrected chi connectivity index (χ1v) is 6.75. The zero-order valence-electron chi connectivity index (χ0n) is 11.8. The molecule has 2 nitrogen and oxygen atoms in total. The van der Waals surface area contributed by atoms with Gasteiger partial charge in [0, 0.05) is 6.08 Å². The molecule has 2 aromatic carbocycles. The number of aryl methyl sites for hydroxylation is 1. The monoisotopic (exact) mass is 265 g/mol. The molecule has 0 aliphatic carbocycles. The molecule has 0 spiro atoms. The first-order chi connectivity index (χ1) is 9.65. The van der Waals surface area contributed by atoms with E-state index in [0.29, 0.717) is 0 Å². The van der Waals surface area contributed by atoms with E-state index < -0.39 is 0 Å². The molecule has 0 saturated carbocycles. The summed E-state index contributed by atoms with van der Waals surface area (Å²) >= 11 is 0. The number of rotatable bonds is 4. The van der Waals surface area contributed by atoms with Crippen molar-refractivity contribution in [3.63, 3.8) is 0 Å². The Balaban J connectivity index is 1.94. The number of amides is 1. The van der Waals surface area contributed by atoms with E-state index in [1.54, 1.807) is 6.08 Å². The molecular formula is C18H19NO. The predicted molar refractivity (Wildman–Crippen MR) is 83.2 cm³/mol. The molecule has 0 aromatic heterocycles. The van der Waals surface area contributed by atoms with Crippen LogP contribution < -0.4 is 5.32 Å². The van der Waals surface area contributed by atoms with E-state index in [2.05, 4.69) is 5.32 Å². The molecule has 0 aliphatic heterocycles. The maximum absolute atomic E-state index is 11.9. The number of hydrogen-bond acceptors (Lipinski definition) is 1. The molecule has 1 amide bonds. The lowest BCUT2D eigenvalue weighted by atomic mass is 10.1. The first kappa shape index (κ1) is 14.1. The lowest BCUT2D eigenvalue weighted by molar-refractivity contribution is -0.117. The zero-order chi connectivity index (χ0) is 14.4. The SMILES string of the molecule is Cc1ccc(/C=C/C(=O)N[C@@H](C)c2ccccc2)cc1. The van der Waals surface area contributed by atoms with Crippen LogP contribution in [0.25, 0.3) is 6.08 Å². The van der Waals surface area contributed by atoms with Gasteiger partial charge >= 0.3 is 0 Å². The van der Waals surface area contributed by atoms with Crippen LogP contribution in [0.4, 0.5) is 0 Å². The Labute approximate surface area is 120 Å². The average molecular weight is 265 g/mol. The Morgan fingerprint density at radius 2 is 1.70 bits per heavy atom. The summed E-state index contributed by atoms with van der Waals surface area (Å²) in [5.41, 5.74) is 3.34. The summed E-state index contributed by atoms with van der Waals surface area (Å²) in [5.74, 6) is -0.0815. The van der Waals surface area contributed by atoms with Crippen LogP contribution in [0.5, 0.6) is 0 Å². The first-order valence-electron chi connectivity index (χ1n) is 6.75. The van der Waals surface area contributed by atoms with Crippen LogP contribution in [-0.4, -0.2) is 5.91 Å². The molecule has 102 valence electrons. The summed E-state index contributed by atoms with van der Waals surface area (Å²) in [5, 5.41) is 2.95. The summed E-state index contributed by atoms with van der Waals surface area (Å²) in [6.07, 6.45) is 3.40. The molecule has 0 radical (unpaired) electrons. The molecule has 2 heteroatoms. The topological polar surface area (TPSA) is 29.1 Å². The van der Waals surface area contributed by atoms with Crippen molar-refractivity contribution in [3.05, 3.63) is 77.4 Å². The van der Waals surface area contributed by atoms with Crippen LogP contribution >= 0.6 is 0 Å². The van der Waals surface area contributed by atoms with Gasteiger partial charge in [0.25, 0.3) is 0 Å². The minimum atomic E-state index is -0.0815. The number of benzene rings is 2. The second-order valence-electron chi connectivity index (χ2n) is 4.88. The highest BCUT2D eigenvalue weighted by Gasteiger charge is 2.06. The zero-order valence-corrected chi connectivity index (χ0v) is 11.8. The van der Waals surface area contributed by atoms with E-state index in [9.17, 15) is 4.79 Å².